The standard InChI is InChI=1S/C6H12ClNO/c1-6(9)3-2-4(7)5(6)8/h4-5,9H,2-3,8H2,1H3. The Kier molecular flexibility index (Phi) is 1.72. The first-order valence-electron chi connectivity index (χ1n) is 3.16. The molecule has 0 bridgehead atoms. The van der Waals surface area contributed by atoms with Gasteiger partial charge in [0.05, 0.1) is 11.0 Å². The molecule has 0 aromatic heterocycles. The van der Waals surface area contributed by atoms with Crippen molar-refractivity contribution in [2.75, 3.05) is 0 Å². The van der Waals surface area contributed by atoms with Crippen LogP contribution in [0.15, 0.2) is 0 Å². The maximum atomic E-state index is 9.42. The number of halogens is 1. The van der Waals surface area contributed by atoms with Gasteiger partial charge in [-0.2, -0.15) is 0 Å². The SMILES string of the molecule is CC1(O)CCC(Cl)C1N. The smallest absolute Gasteiger partial charge is 0.0784 e. The van der Waals surface area contributed by atoms with Crippen LogP contribution in [0.1, 0.15) is 19.8 Å². The van der Waals surface area contributed by atoms with Crippen molar-refractivity contribution in [1.29, 1.82) is 0 Å². The van der Waals surface area contributed by atoms with E-state index < -0.39 is 5.60 Å². The Morgan fingerprint density at radius 3 is 2.44 bits per heavy atom. The van der Waals surface area contributed by atoms with E-state index in [4.69, 9.17) is 17.3 Å². The Morgan fingerprint density at radius 2 is 2.33 bits per heavy atom. The average molecular weight is 150 g/mol. The van der Waals surface area contributed by atoms with Crippen molar-refractivity contribution in [2.45, 2.75) is 36.8 Å². The molecule has 3 atom stereocenters. The first kappa shape index (κ1) is 7.32. The summed E-state index contributed by atoms with van der Waals surface area (Å²) in [6.07, 6.45) is 1.55. The molecule has 9 heavy (non-hydrogen) atoms. The van der Waals surface area contributed by atoms with Gasteiger partial charge in [-0.25, -0.2) is 0 Å². The monoisotopic (exact) mass is 149 g/mol. The van der Waals surface area contributed by atoms with Crippen LogP contribution in [0, 0.1) is 0 Å². The van der Waals surface area contributed by atoms with Crippen molar-refractivity contribution in [1.82, 2.24) is 0 Å². The number of rotatable bonds is 0. The minimum atomic E-state index is -0.730. The van der Waals surface area contributed by atoms with Crippen LogP contribution >= 0.6 is 11.6 Å². The van der Waals surface area contributed by atoms with E-state index in [2.05, 4.69) is 0 Å². The van der Waals surface area contributed by atoms with Gasteiger partial charge in [0, 0.05) is 6.04 Å². The molecule has 0 amide bonds. The molecule has 54 valence electrons. The molecule has 0 radical (unpaired) electrons. The van der Waals surface area contributed by atoms with E-state index in [9.17, 15) is 5.11 Å². The first-order valence-corrected chi connectivity index (χ1v) is 3.60. The molecule has 0 aliphatic heterocycles. The van der Waals surface area contributed by atoms with Gasteiger partial charge in [0.1, 0.15) is 0 Å². The van der Waals surface area contributed by atoms with Gasteiger partial charge >= 0.3 is 0 Å². The Labute approximate surface area is 60.0 Å². The van der Waals surface area contributed by atoms with Gasteiger partial charge in [-0.3, -0.25) is 0 Å². The largest absolute Gasteiger partial charge is 0.389 e. The summed E-state index contributed by atoms with van der Waals surface area (Å²) in [7, 11) is 0. The van der Waals surface area contributed by atoms with E-state index in [1.807, 2.05) is 0 Å². The van der Waals surface area contributed by atoms with Crippen LogP contribution < -0.4 is 5.73 Å². The molecule has 2 nitrogen and oxygen atoms in total. The van der Waals surface area contributed by atoms with E-state index in [0.29, 0.717) is 0 Å². The van der Waals surface area contributed by atoms with Gasteiger partial charge in [0.2, 0.25) is 0 Å². The topological polar surface area (TPSA) is 46.2 Å². The number of aliphatic hydroxyl groups is 1. The van der Waals surface area contributed by atoms with Crippen molar-refractivity contribution in [3.63, 3.8) is 0 Å². The molecular formula is C6H12ClNO. The average Bonchev–Trinajstić information content (AvgIpc) is 1.97. The molecule has 0 saturated heterocycles. The van der Waals surface area contributed by atoms with Gasteiger partial charge in [0.25, 0.3) is 0 Å². The predicted octanol–water partition coefficient (Wildman–Crippen LogP) is 0.466. The molecule has 0 heterocycles. The Bertz CT molecular complexity index is 116. The minimum Gasteiger partial charge on any atom is -0.389 e. The van der Waals surface area contributed by atoms with E-state index in [-0.39, 0.29) is 11.4 Å². The van der Waals surface area contributed by atoms with Crippen LogP contribution in [-0.2, 0) is 0 Å². The van der Waals surface area contributed by atoms with Gasteiger partial charge in [-0.1, -0.05) is 0 Å². The Morgan fingerprint density at radius 1 is 1.78 bits per heavy atom. The van der Waals surface area contributed by atoms with Crippen LogP contribution in [-0.4, -0.2) is 22.1 Å². The van der Waals surface area contributed by atoms with E-state index in [1.54, 1.807) is 6.92 Å². The van der Waals surface area contributed by atoms with E-state index in [1.165, 1.54) is 0 Å². The number of hydrogen-bond acceptors (Lipinski definition) is 2. The zero-order chi connectivity index (χ0) is 7.07. The normalized spacial score (nSPS) is 52.0. The molecule has 1 aliphatic carbocycles. The summed E-state index contributed by atoms with van der Waals surface area (Å²) in [5, 5.41) is 9.38. The van der Waals surface area contributed by atoms with Crippen LogP contribution in [0.4, 0.5) is 0 Å². The molecule has 3 unspecified atom stereocenters. The summed E-state index contributed by atoms with van der Waals surface area (Å²) in [6.45, 7) is 1.74. The van der Waals surface area contributed by atoms with Crippen LogP contribution in [0.3, 0.4) is 0 Å². The fourth-order valence-electron chi connectivity index (χ4n) is 1.17. The summed E-state index contributed by atoms with van der Waals surface area (Å²) >= 11 is 5.76. The number of alkyl halides is 1. The lowest BCUT2D eigenvalue weighted by molar-refractivity contribution is 0.0523. The molecule has 1 fully saturated rings. The summed E-state index contributed by atoms with van der Waals surface area (Å²) in [5.74, 6) is 0. The summed E-state index contributed by atoms with van der Waals surface area (Å²) in [5.41, 5.74) is 4.84. The second kappa shape index (κ2) is 2.11. The van der Waals surface area contributed by atoms with Gasteiger partial charge < -0.3 is 10.8 Å². The van der Waals surface area contributed by atoms with E-state index in [0.717, 1.165) is 12.8 Å². The van der Waals surface area contributed by atoms with Crippen molar-refractivity contribution in [2.24, 2.45) is 5.73 Å². The molecule has 0 aromatic rings. The van der Waals surface area contributed by atoms with E-state index >= 15 is 0 Å². The third-order valence-electron chi connectivity index (χ3n) is 2.03. The lowest BCUT2D eigenvalue weighted by Crippen LogP contribution is -2.44. The molecular weight excluding hydrogens is 138 g/mol. The molecule has 3 N–H and O–H groups in total. The fourth-order valence-corrected chi connectivity index (χ4v) is 1.55. The maximum Gasteiger partial charge on any atom is 0.0784 e. The Balaban J connectivity index is 2.62. The molecule has 1 saturated carbocycles. The Hall–Kier alpha value is 0.210. The highest BCUT2D eigenvalue weighted by molar-refractivity contribution is 6.21. The second-order valence-corrected chi connectivity index (χ2v) is 3.50. The summed E-state index contributed by atoms with van der Waals surface area (Å²) in [6, 6.07) is -0.251. The molecule has 1 aliphatic rings. The predicted molar refractivity (Wildman–Crippen MR) is 37.5 cm³/mol. The van der Waals surface area contributed by atoms with Gasteiger partial charge in [-0.15, -0.1) is 11.6 Å². The zero-order valence-electron chi connectivity index (χ0n) is 5.47. The van der Waals surface area contributed by atoms with Crippen LogP contribution in [0.2, 0.25) is 0 Å². The van der Waals surface area contributed by atoms with Crippen LogP contribution in [0.25, 0.3) is 0 Å². The molecule has 0 aromatic carbocycles. The van der Waals surface area contributed by atoms with Crippen molar-refractivity contribution in [3.8, 4) is 0 Å². The highest BCUT2D eigenvalue weighted by Crippen LogP contribution is 2.31. The first-order chi connectivity index (χ1) is 4.04. The van der Waals surface area contributed by atoms with Gasteiger partial charge in [-0.05, 0) is 19.8 Å². The fraction of sp³-hybridized carbons (Fsp3) is 1.00. The minimum absolute atomic E-state index is 0.0417. The molecule has 0 spiro atoms. The van der Waals surface area contributed by atoms with Crippen molar-refractivity contribution >= 4 is 11.6 Å². The van der Waals surface area contributed by atoms with Crippen molar-refractivity contribution < 1.29 is 5.11 Å². The highest BCUT2D eigenvalue weighted by atomic mass is 35.5. The quantitative estimate of drug-likeness (QED) is 0.492. The zero-order valence-corrected chi connectivity index (χ0v) is 6.23. The second-order valence-electron chi connectivity index (χ2n) is 2.94. The van der Waals surface area contributed by atoms with Crippen LogP contribution in [0.5, 0.6) is 0 Å². The third-order valence-corrected chi connectivity index (χ3v) is 2.52. The van der Waals surface area contributed by atoms with Gasteiger partial charge in [0.15, 0.2) is 0 Å². The number of nitrogens with two attached hydrogens (primary N) is 1. The molecule has 3 heteroatoms. The maximum absolute atomic E-state index is 9.42. The summed E-state index contributed by atoms with van der Waals surface area (Å²) in [4.78, 5) is 0. The summed E-state index contributed by atoms with van der Waals surface area (Å²) < 4.78 is 0. The highest BCUT2D eigenvalue weighted by Gasteiger charge is 2.40. The molecule has 1 rings (SSSR count). The van der Waals surface area contributed by atoms with Crippen molar-refractivity contribution in [3.05, 3.63) is 0 Å². The lowest BCUT2D eigenvalue weighted by atomic mass is 10.0. The third kappa shape index (κ3) is 1.20. The number of hydrogen-bond donors (Lipinski definition) is 2. The lowest BCUT2D eigenvalue weighted by Gasteiger charge is -2.22.